The van der Waals surface area contributed by atoms with Gasteiger partial charge in [0.2, 0.25) is 0 Å². The maximum absolute atomic E-state index is 12.5. The fourth-order valence-electron chi connectivity index (χ4n) is 4.85. The molecule has 1 aromatic rings. The largest absolute Gasteiger partial charge is 0.373 e. The standard InChI is InChI=1S/C19H24O2/c20-17(11-16-10-13-5-6-15(16)9-13)12-19-18-4-2-1-3-14(18)7-8-21-19/h1-4,13,15-16,19H,5-12H2. The minimum atomic E-state index is 0.000963. The van der Waals surface area contributed by atoms with Crippen molar-refractivity contribution in [2.24, 2.45) is 17.8 Å². The highest BCUT2D eigenvalue weighted by Gasteiger charge is 2.40. The summed E-state index contributed by atoms with van der Waals surface area (Å²) in [5.41, 5.74) is 2.60. The molecule has 2 aliphatic carbocycles. The van der Waals surface area contributed by atoms with E-state index in [1.165, 1.54) is 36.8 Å². The smallest absolute Gasteiger partial charge is 0.136 e. The zero-order valence-corrected chi connectivity index (χ0v) is 12.6. The maximum Gasteiger partial charge on any atom is 0.136 e. The zero-order chi connectivity index (χ0) is 14.2. The number of hydrogen-bond donors (Lipinski definition) is 0. The van der Waals surface area contributed by atoms with Gasteiger partial charge in [0.1, 0.15) is 5.78 Å². The van der Waals surface area contributed by atoms with Crippen LogP contribution in [0.25, 0.3) is 0 Å². The number of carbonyl (C=O) groups is 1. The molecule has 2 nitrogen and oxygen atoms in total. The van der Waals surface area contributed by atoms with Gasteiger partial charge < -0.3 is 4.74 Å². The number of benzene rings is 1. The maximum atomic E-state index is 12.5. The molecule has 4 unspecified atom stereocenters. The fraction of sp³-hybridized carbons (Fsp3) is 0.632. The Morgan fingerprint density at radius 3 is 2.86 bits per heavy atom. The van der Waals surface area contributed by atoms with Crippen LogP contribution in [0.5, 0.6) is 0 Å². The quantitative estimate of drug-likeness (QED) is 0.832. The molecule has 0 amide bonds. The third kappa shape index (κ3) is 2.66. The first kappa shape index (κ1) is 13.5. The lowest BCUT2D eigenvalue weighted by atomic mass is 9.84. The van der Waals surface area contributed by atoms with E-state index in [4.69, 9.17) is 4.74 Å². The average molecular weight is 284 g/mol. The van der Waals surface area contributed by atoms with Crippen LogP contribution in [0.4, 0.5) is 0 Å². The summed E-state index contributed by atoms with van der Waals surface area (Å²) in [4.78, 5) is 12.5. The lowest BCUT2D eigenvalue weighted by molar-refractivity contribution is -0.123. The number of ketones is 1. The Kier molecular flexibility index (Phi) is 3.58. The first-order chi connectivity index (χ1) is 10.3. The van der Waals surface area contributed by atoms with Gasteiger partial charge in [-0.1, -0.05) is 30.7 Å². The Labute approximate surface area is 126 Å². The molecule has 0 spiro atoms. The fourth-order valence-corrected chi connectivity index (χ4v) is 4.85. The Balaban J connectivity index is 1.39. The van der Waals surface area contributed by atoms with Gasteiger partial charge in [0, 0.05) is 12.8 Å². The van der Waals surface area contributed by atoms with E-state index < -0.39 is 0 Å². The number of carbonyl (C=O) groups excluding carboxylic acids is 1. The van der Waals surface area contributed by atoms with Crippen molar-refractivity contribution in [1.29, 1.82) is 0 Å². The van der Waals surface area contributed by atoms with Crippen LogP contribution < -0.4 is 0 Å². The second-order valence-electron chi connectivity index (χ2n) is 7.19. The van der Waals surface area contributed by atoms with Crippen molar-refractivity contribution < 1.29 is 9.53 Å². The van der Waals surface area contributed by atoms with Gasteiger partial charge in [0.25, 0.3) is 0 Å². The summed E-state index contributed by atoms with van der Waals surface area (Å²) in [6, 6.07) is 8.44. The number of fused-ring (bicyclic) bond motifs is 3. The molecular formula is C19H24O2. The zero-order valence-electron chi connectivity index (χ0n) is 12.6. The first-order valence-electron chi connectivity index (χ1n) is 8.50. The van der Waals surface area contributed by atoms with Crippen molar-refractivity contribution in [2.75, 3.05) is 6.61 Å². The van der Waals surface area contributed by atoms with Crippen LogP contribution in [-0.2, 0) is 16.0 Å². The van der Waals surface area contributed by atoms with E-state index in [0.29, 0.717) is 18.1 Å². The molecule has 0 radical (unpaired) electrons. The highest BCUT2D eigenvalue weighted by Crippen LogP contribution is 2.49. The Hall–Kier alpha value is -1.15. The molecule has 112 valence electrons. The van der Waals surface area contributed by atoms with Crippen LogP contribution in [0.15, 0.2) is 24.3 Å². The third-order valence-corrected chi connectivity index (χ3v) is 5.88. The molecule has 4 rings (SSSR count). The normalized spacial score (nSPS) is 33.9. The Morgan fingerprint density at radius 2 is 2.05 bits per heavy atom. The summed E-state index contributed by atoms with van der Waals surface area (Å²) >= 11 is 0. The number of ether oxygens (including phenoxy) is 1. The summed E-state index contributed by atoms with van der Waals surface area (Å²) in [7, 11) is 0. The van der Waals surface area contributed by atoms with Crippen molar-refractivity contribution >= 4 is 5.78 Å². The van der Waals surface area contributed by atoms with E-state index in [1.807, 2.05) is 0 Å². The minimum Gasteiger partial charge on any atom is -0.373 e. The van der Waals surface area contributed by atoms with Crippen molar-refractivity contribution in [1.82, 2.24) is 0 Å². The van der Waals surface area contributed by atoms with Gasteiger partial charge >= 0.3 is 0 Å². The Morgan fingerprint density at radius 1 is 1.14 bits per heavy atom. The molecule has 21 heavy (non-hydrogen) atoms. The molecule has 1 aromatic carbocycles. The summed E-state index contributed by atoms with van der Waals surface area (Å²) in [5.74, 6) is 2.86. The van der Waals surface area contributed by atoms with Crippen LogP contribution in [0, 0.1) is 17.8 Å². The average Bonchev–Trinajstić information content (AvgIpc) is 3.10. The van der Waals surface area contributed by atoms with Crippen molar-refractivity contribution in [3.63, 3.8) is 0 Å². The first-order valence-corrected chi connectivity index (χ1v) is 8.50. The van der Waals surface area contributed by atoms with Crippen molar-refractivity contribution in [3.8, 4) is 0 Å². The van der Waals surface area contributed by atoms with E-state index in [1.54, 1.807) is 0 Å². The van der Waals surface area contributed by atoms with Gasteiger partial charge in [0.15, 0.2) is 0 Å². The van der Waals surface area contributed by atoms with E-state index in [0.717, 1.165) is 31.3 Å². The number of rotatable bonds is 4. The molecule has 1 aliphatic heterocycles. The van der Waals surface area contributed by atoms with Crippen LogP contribution >= 0.6 is 0 Å². The molecule has 0 saturated heterocycles. The van der Waals surface area contributed by atoms with Gasteiger partial charge in [0.05, 0.1) is 12.7 Å². The lowest BCUT2D eigenvalue weighted by Gasteiger charge is -2.27. The SMILES string of the molecule is O=C(CC1OCCc2ccccc21)CC1CC2CCC1C2. The van der Waals surface area contributed by atoms with Gasteiger partial charge in [-0.25, -0.2) is 0 Å². The second kappa shape index (κ2) is 5.57. The Bertz CT molecular complexity index is 536. The molecule has 0 aromatic heterocycles. The summed E-state index contributed by atoms with van der Waals surface area (Å²) in [6.07, 6.45) is 7.82. The predicted octanol–water partition coefficient (Wildman–Crippen LogP) is 4.09. The van der Waals surface area contributed by atoms with Crippen LogP contribution in [0.1, 0.15) is 55.8 Å². The van der Waals surface area contributed by atoms with E-state index in [2.05, 4.69) is 24.3 Å². The molecule has 2 bridgehead atoms. The van der Waals surface area contributed by atoms with E-state index in [-0.39, 0.29) is 6.10 Å². The molecule has 2 heteroatoms. The molecule has 1 heterocycles. The number of hydrogen-bond acceptors (Lipinski definition) is 2. The number of Topliss-reactive ketones (excluding diaryl/α,β-unsaturated/α-hetero) is 1. The summed E-state index contributed by atoms with van der Waals surface area (Å²) < 4.78 is 5.88. The van der Waals surface area contributed by atoms with Crippen molar-refractivity contribution in [3.05, 3.63) is 35.4 Å². The summed E-state index contributed by atoms with van der Waals surface area (Å²) in [6.45, 7) is 0.753. The molecule has 2 fully saturated rings. The van der Waals surface area contributed by atoms with Gasteiger partial charge in [-0.2, -0.15) is 0 Å². The topological polar surface area (TPSA) is 26.3 Å². The van der Waals surface area contributed by atoms with Crippen LogP contribution in [0.2, 0.25) is 0 Å². The van der Waals surface area contributed by atoms with Gasteiger partial charge in [-0.3, -0.25) is 4.79 Å². The minimum absolute atomic E-state index is 0.000963. The molecule has 0 N–H and O–H groups in total. The molecule has 2 saturated carbocycles. The molecular weight excluding hydrogens is 260 g/mol. The summed E-state index contributed by atoms with van der Waals surface area (Å²) in [5, 5.41) is 0. The molecule has 4 atom stereocenters. The van der Waals surface area contributed by atoms with Crippen LogP contribution in [-0.4, -0.2) is 12.4 Å². The molecule has 3 aliphatic rings. The monoisotopic (exact) mass is 284 g/mol. The lowest BCUT2D eigenvalue weighted by Crippen LogP contribution is -2.21. The van der Waals surface area contributed by atoms with Gasteiger partial charge in [-0.05, 0) is 54.6 Å². The predicted molar refractivity (Wildman–Crippen MR) is 82.0 cm³/mol. The van der Waals surface area contributed by atoms with E-state index >= 15 is 0 Å². The highest BCUT2D eigenvalue weighted by atomic mass is 16.5. The highest BCUT2D eigenvalue weighted by molar-refractivity contribution is 5.79. The third-order valence-electron chi connectivity index (χ3n) is 5.88. The van der Waals surface area contributed by atoms with E-state index in [9.17, 15) is 4.79 Å². The second-order valence-corrected chi connectivity index (χ2v) is 7.19. The van der Waals surface area contributed by atoms with Gasteiger partial charge in [-0.15, -0.1) is 0 Å². The van der Waals surface area contributed by atoms with Crippen LogP contribution in [0.3, 0.4) is 0 Å². The van der Waals surface area contributed by atoms with Crippen molar-refractivity contribution in [2.45, 2.75) is 51.0 Å².